The summed E-state index contributed by atoms with van der Waals surface area (Å²) in [5, 5.41) is 2.93. The normalized spacial score (nSPS) is 17.5. The van der Waals surface area contributed by atoms with Crippen molar-refractivity contribution in [1.82, 2.24) is 9.62 Å². The molecule has 210 valence electrons. The zero-order valence-electron chi connectivity index (χ0n) is 22.2. The van der Waals surface area contributed by atoms with Crippen LogP contribution in [0.3, 0.4) is 0 Å². The minimum absolute atomic E-state index is 0.115. The lowest BCUT2D eigenvalue weighted by Crippen LogP contribution is -2.51. The van der Waals surface area contributed by atoms with E-state index in [1.165, 1.54) is 4.31 Å². The molecule has 1 N–H and O–H groups in total. The van der Waals surface area contributed by atoms with E-state index in [9.17, 15) is 18.0 Å². The summed E-state index contributed by atoms with van der Waals surface area (Å²) in [6, 6.07) is 23.8. The van der Waals surface area contributed by atoms with Gasteiger partial charge in [-0.1, -0.05) is 54.6 Å². The van der Waals surface area contributed by atoms with E-state index in [1.807, 2.05) is 48.5 Å². The zero-order valence-corrected chi connectivity index (χ0v) is 23.0. The van der Waals surface area contributed by atoms with Crippen LogP contribution in [0.2, 0.25) is 0 Å². The first kappa shape index (κ1) is 27.8. The van der Waals surface area contributed by atoms with Crippen molar-refractivity contribution >= 4 is 27.5 Å². The molecular weight excluding hydrogens is 530 g/mol. The Labute approximate surface area is 234 Å². The summed E-state index contributed by atoms with van der Waals surface area (Å²) in [6.45, 7) is 2.04. The highest BCUT2D eigenvalue weighted by Gasteiger charge is 2.33. The van der Waals surface area contributed by atoms with Crippen molar-refractivity contribution in [3.05, 3.63) is 90.0 Å². The summed E-state index contributed by atoms with van der Waals surface area (Å²) in [4.78, 5) is 28.1. The number of nitrogens with one attached hydrogen (secondary N) is 1. The lowest BCUT2D eigenvalue weighted by Gasteiger charge is -2.34. The molecule has 1 fully saturated rings. The number of hydrogen-bond acceptors (Lipinski definition) is 6. The number of morpholine rings is 1. The van der Waals surface area contributed by atoms with Gasteiger partial charge in [-0.05, 0) is 48.2 Å². The highest BCUT2D eigenvalue weighted by Crippen LogP contribution is 2.33. The standard InChI is InChI=1S/C30H33N3O6S/c34-29(15-12-24-10-13-25(14-11-24)40(36,37)32-18-20-38-21-19-32)33-22-28(39-27-9-5-4-8-26(27)33)30(35)31-17-16-23-6-2-1-3-7-23/h1-11,13-14,28H,12,15-22H2,(H,31,35)/t28-/m0/s1. The Morgan fingerprint density at radius 1 is 0.850 bits per heavy atom. The second-order valence-electron chi connectivity index (χ2n) is 9.77. The molecule has 0 unspecified atom stereocenters. The molecule has 2 aliphatic heterocycles. The average molecular weight is 564 g/mol. The van der Waals surface area contributed by atoms with Gasteiger partial charge in [-0.15, -0.1) is 0 Å². The third kappa shape index (κ3) is 6.52. The van der Waals surface area contributed by atoms with Crippen LogP contribution < -0.4 is 15.0 Å². The van der Waals surface area contributed by atoms with Gasteiger partial charge < -0.3 is 19.7 Å². The predicted octanol–water partition coefficient (Wildman–Crippen LogP) is 2.79. The van der Waals surface area contributed by atoms with Gasteiger partial charge in [0.25, 0.3) is 5.91 Å². The summed E-state index contributed by atoms with van der Waals surface area (Å²) >= 11 is 0. The maximum atomic E-state index is 13.4. The number of para-hydroxylation sites is 2. The van der Waals surface area contributed by atoms with Gasteiger partial charge >= 0.3 is 0 Å². The fraction of sp³-hybridized carbons (Fsp3) is 0.333. The first-order chi connectivity index (χ1) is 19.4. The Bertz CT molecular complexity index is 1420. The Hall–Kier alpha value is -3.73. The number of carbonyl (C=O) groups excluding carboxylic acids is 2. The summed E-state index contributed by atoms with van der Waals surface area (Å²) in [6.07, 6.45) is 0.515. The molecule has 0 spiro atoms. The van der Waals surface area contributed by atoms with Crippen LogP contribution in [0.1, 0.15) is 17.5 Å². The highest BCUT2D eigenvalue weighted by molar-refractivity contribution is 7.89. The highest BCUT2D eigenvalue weighted by atomic mass is 32.2. The molecule has 5 rings (SSSR count). The van der Waals surface area contributed by atoms with Gasteiger partial charge in [-0.25, -0.2) is 8.42 Å². The first-order valence-electron chi connectivity index (χ1n) is 13.5. The Morgan fingerprint density at radius 2 is 1.52 bits per heavy atom. The van der Waals surface area contributed by atoms with E-state index < -0.39 is 16.1 Å². The smallest absolute Gasteiger partial charge is 0.262 e. The third-order valence-corrected chi connectivity index (χ3v) is 8.99. The van der Waals surface area contributed by atoms with Crippen molar-refractivity contribution in [2.75, 3.05) is 44.3 Å². The van der Waals surface area contributed by atoms with Crippen LogP contribution in [0.15, 0.2) is 83.8 Å². The molecule has 0 aromatic heterocycles. The van der Waals surface area contributed by atoms with Gasteiger partial charge in [0, 0.05) is 26.1 Å². The first-order valence-corrected chi connectivity index (χ1v) is 14.9. The predicted molar refractivity (Wildman–Crippen MR) is 151 cm³/mol. The summed E-state index contributed by atoms with van der Waals surface area (Å²) in [5.41, 5.74) is 2.61. The van der Waals surface area contributed by atoms with Crippen molar-refractivity contribution in [1.29, 1.82) is 0 Å². The molecule has 0 aliphatic carbocycles. The zero-order chi connectivity index (χ0) is 28.0. The molecule has 10 heteroatoms. The van der Waals surface area contributed by atoms with Gasteiger partial charge in [0.1, 0.15) is 5.75 Å². The Balaban J connectivity index is 1.20. The van der Waals surface area contributed by atoms with Crippen molar-refractivity contribution in [2.45, 2.75) is 30.3 Å². The molecule has 1 saturated heterocycles. The molecular formula is C30H33N3O6S. The molecule has 2 aliphatic rings. The average Bonchev–Trinajstić information content (AvgIpc) is 3.00. The number of rotatable bonds is 9. The Morgan fingerprint density at radius 3 is 2.27 bits per heavy atom. The topological polar surface area (TPSA) is 105 Å². The number of sulfonamides is 1. The van der Waals surface area contributed by atoms with Crippen LogP contribution in [-0.2, 0) is 37.2 Å². The summed E-state index contributed by atoms with van der Waals surface area (Å²) < 4.78 is 38.4. The van der Waals surface area contributed by atoms with E-state index >= 15 is 0 Å². The molecule has 1 atom stereocenters. The van der Waals surface area contributed by atoms with Crippen LogP contribution in [0.4, 0.5) is 5.69 Å². The third-order valence-electron chi connectivity index (χ3n) is 7.08. The molecule has 0 radical (unpaired) electrons. The number of aryl methyl sites for hydroxylation is 1. The second kappa shape index (κ2) is 12.6. The van der Waals surface area contributed by atoms with E-state index in [0.29, 0.717) is 57.1 Å². The van der Waals surface area contributed by atoms with Crippen molar-refractivity contribution in [3.63, 3.8) is 0 Å². The van der Waals surface area contributed by atoms with E-state index in [4.69, 9.17) is 9.47 Å². The second-order valence-corrected chi connectivity index (χ2v) is 11.7. The van der Waals surface area contributed by atoms with Crippen molar-refractivity contribution in [3.8, 4) is 5.75 Å². The van der Waals surface area contributed by atoms with E-state index in [0.717, 1.165) is 11.1 Å². The number of hydrogen-bond donors (Lipinski definition) is 1. The number of fused-ring (bicyclic) bond motifs is 1. The molecule has 2 heterocycles. The number of carbonyl (C=O) groups is 2. The van der Waals surface area contributed by atoms with E-state index in [1.54, 1.807) is 35.2 Å². The SMILES string of the molecule is O=C(NCCc1ccccc1)[C@@H]1CN(C(=O)CCc2ccc(S(=O)(=O)N3CCOCC3)cc2)c2ccccc2O1. The molecule has 40 heavy (non-hydrogen) atoms. The van der Waals surface area contributed by atoms with Crippen LogP contribution >= 0.6 is 0 Å². The minimum Gasteiger partial charge on any atom is -0.477 e. The fourth-order valence-corrected chi connectivity index (χ4v) is 6.25. The monoisotopic (exact) mass is 563 g/mol. The van der Waals surface area contributed by atoms with Crippen LogP contribution in [0.25, 0.3) is 0 Å². The summed E-state index contributed by atoms with van der Waals surface area (Å²) in [5.74, 6) is 0.0890. The largest absolute Gasteiger partial charge is 0.477 e. The lowest BCUT2D eigenvalue weighted by atomic mass is 10.1. The molecule has 3 aromatic carbocycles. The molecule has 0 bridgehead atoms. The van der Waals surface area contributed by atoms with E-state index in [2.05, 4.69) is 5.32 Å². The number of nitrogens with zero attached hydrogens (tertiary/aromatic N) is 2. The Kier molecular flexibility index (Phi) is 8.78. The number of ether oxygens (including phenoxy) is 2. The number of benzene rings is 3. The molecule has 3 aromatic rings. The molecule has 0 saturated carbocycles. The fourth-order valence-electron chi connectivity index (χ4n) is 4.85. The van der Waals surface area contributed by atoms with Gasteiger partial charge in [0.2, 0.25) is 15.9 Å². The van der Waals surface area contributed by atoms with Crippen LogP contribution in [0, 0.1) is 0 Å². The van der Waals surface area contributed by atoms with Crippen LogP contribution in [-0.4, -0.2) is 70.0 Å². The number of amides is 2. The van der Waals surface area contributed by atoms with Gasteiger partial charge in [0.05, 0.1) is 30.3 Å². The van der Waals surface area contributed by atoms with E-state index in [-0.39, 0.29) is 29.7 Å². The van der Waals surface area contributed by atoms with Gasteiger partial charge in [-0.3, -0.25) is 9.59 Å². The quantitative estimate of drug-likeness (QED) is 0.429. The van der Waals surface area contributed by atoms with Crippen molar-refractivity contribution < 1.29 is 27.5 Å². The van der Waals surface area contributed by atoms with Gasteiger partial charge in [0.15, 0.2) is 6.10 Å². The molecule has 2 amide bonds. The van der Waals surface area contributed by atoms with Gasteiger partial charge in [-0.2, -0.15) is 4.31 Å². The van der Waals surface area contributed by atoms with Crippen molar-refractivity contribution in [2.24, 2.45) is 0 Å². The number of anilines is 1. The maximum Gasteiger partial charge on any atom is 0.262 e. The summed E-state index contributed by atoms with van der Waals surface area (Å²) in [7, 11) is -3.57. The van der Waals surface area contributed by atoms with Crippen LogP contribution in [0.5, 0.6) is 5.75 Å². The maximum absolute atomic E-state index is 13.4. The lowest BCUT2D eigenvalue weighted by molar-refractivity contribution is -0.128. The molecule has 9 nitrogen and oxygen atoms in total. The minimum atomic E-state index is -3.57.